The number of nitrogens with zero attached hydrogens (tertiary/aromatic N) is 1. The Morgan fingerprint density at radius 2 is 1.82 bits per heavy atom. The van der Waals surface area contributed by atoms with E-state index in [2.05, 4.69) is 53.5 Å². The molecule has 0 aliphatic carbocycles. The Morgan fingerprint density at radius 1 is 1.07 bits per heavy atom. The van der Waals surface area contributed by atoms with Crippen LogP contribution in [0.1, 0.15) is 29.2 Å². The van der Waals surface area contributed by atoms with Gasteiger partial charge in [0.05, 0.1) is 20.3 Å². The molecule has 0 bridgehead atoms. The second-order valence-corrected chi connectivity index (χ2v) is 7.71. The first kappa shape index (κ1) is 19.2. The molecule has 0 spiro atoms. The summed E-state index contributed by atoms with van der Waals surface area (Å²) in [5.74, 6) is 1.93. The second-order valence-electron chi connectivity index (χ2n) is 7.71. The Kier molecular flexibility index (Phi) is 6.15. The first-order valence-electron chi connectivity index (χ1n) is 10.2. The first-order chi connectivity index (χ1) is 13.7. The van der Waals surface area contributed by atoms with Gasteiger partial charge in [0.2, 0.25) is 0 Å². The van der Waals surface area contributed by atoms with E-state index in [4.69, 9.17) is 14.2 Å². The molecule has 150 valence electrons. The van der Waals surface area contributed by atoms with Gasteiger partial charge in [0.15, 0.2) is 0 Å². The summed E-state index contributed by atoms with van der Waals surface area (Å²) >= 11 is 0. The van der Waals surface area contributed by atoms with Crippen molar-refractivity contribution in [2.45, 2.75) is 39.1 Å². The van der Waals surface area contributed by atoms with Gasteiger partial charge in [-0.05, 0) is 30.2 Å². The van der Waals surface area contributed by atoms with Crippen LogP contribution in [-0.4, -0.2) is 44.4 Å². The lowest BCUT2D eigenvalue weighted by Gasteiger charge is -2.26. The van der Waals surface area contributed by atoms with Crippen molar-refractivity contribution < 1.29 is 14.2 Å². The zero-order chi connectivity index (χ0) is 19.3. The van der Waals surface area contributed by atoms with Gasteiger partial charge in [0.1, 0.15) is 17.6 Å². The molecule has 1 saturated heterocycles. The molecule has 1 fully saturated rings. The Labute approximate surface area is 167 Å². The summed E-state index contributed by atoms with van der Waals surface area (Å²) < 4.78 is 16.9. The third kappa shape index (κ3) is 4.66. The molecule has 0 radical (unpaired) electrons. The van der Waals surface area contributed by atoms with E-state index in [0.717, 1.165) is 69.4 Å². The Morgan fingerprint density at radius 3 is 2.57 bits per heavy atom. The van der Waals surface area contributed by atoms with Gasteiger partial charge in [0, 0.05) is 50.3 Å². The van der Waals surface area contributed by atoms with Crippen LogP contribution in [0.5, 0.6) is 11.5 Å². The van der Waals surface area contributed by atoms with E-state index in [1.54, 1.807) is 7.11 Å². The summed E-state index contributed by atoms with van der Waals surface area (Å²) in [5, 5.41) is 3.53. The third-order valence-corrected chi connectivity index (χ3v) is 5.48. The number of ether oxygens (including phenoxy) is 3. The van der Waals surface area contributed by atoms with E-state index >= 15 is 0 Å². The smallest absolute Gasteiger partial charge is 0.123 e. The fraction of sp³-hybridized carbons (Fsp3) is 0.478. The molecule has 2 aliphatic rings. The maximum absolute atomic E-state index is 5.89. The maximum Gasteiger partial charge on any atom is 0.123 e. The number of fused-ring (bicyclic) bond motifs is 1. The number of nitrogens with one attached hydrogen (secondary N) is 1. The molecule has 2 aliphatic heterocycles. The minimum atomic E-state index is 0.249. The third-order valence-electron chi connectivity index (χ3n) is 5.48. The summed E-state index contributed by atoms with van der Waals surface area (Å²) in [5.41, 5.74) is 5.02. The number of hydrogen-bond donors (Lipinski definition) is 1. The number of hydrogen-bond acceptors (Lipinski definition) is 5. The van der Waals surface area contributed by atoms with Gasteiger partial charge < -0.3 is 19.5 Å². The topological polar surface area (TPSA) is 43.0 Å². The van der Waals surface area contributed by atoms with Crippen LogP contribution in [0, 0.1) is 0 Å². The van der Waals surface area contributed by atoms with Gasteiger partial charge in [0.25, 0.3) is 0 Å². The lowest BCUT2D eigenvalue weighted by Crippen LogP contribution is -2.35. The molecule has 0 aromatic heterocycles. The van der Waals surface area contributed by atoms with Gasteiger partial charge in [-0.1, -0.05) is 24.3 Å². The summed E-state index contributed by atoms with van der Waals surface area (Å²) in [6.45, 7) is 8.42. The number of benzene rings is 2. The SMILES string of the molecule is COc1cc2c(cc1CNCc1ccc(CN3CCOCC3)cc1)OC(C)C2. The van der Waals surface area contributed by atoms with Crippen LogP contribution in [0.2, 0.25) is 0 Å². The monoisotopic (exact) mass is 382 g/mol. The van der Waals surface area contributed by atoms with Crippen molar-refractivity contribution in [3.63, 3.8) is 0 Å². The fourth-order valence-electron chi connectivity index (χ4n) is 3.93. The molecule has 2 aromatic carbocycles. The molecule has 4 rings (SSSR count). The van der Waals surface area contributed by atoms with Crippen molar-refractivity contribution >= 4 is 0 Å². The second kappa shape index (κ2) is 8.95. The van der Waals surface area contributed by atoms with Crippen molar-refractivity contribution in [1.82, 2.24) is 10.2 Å². The number of rotatable bonds is 7. The van der Waals surface area contributed by atoms with E-state index in [-0.39, 0.29) is 6.10 Å². The van der Waals surface area contributed by atoms with E-state index in [0.29, 0.717) is 0 Å². The number of methoxy groups -OCH3 is 1. The van der Waals surface area contributed by atoms with Crippen LogP contribution in [0.3, 0.4) is 0 Å². The van der Waals surface area contributed by atoms with Crippen LogP contribution in [0.25, 0.3) is 0 Å². The van der Waals surface area contributed by atoms with Crippen LogP contribution in [0.4, 0.5) is 0 Å². The predicted octanol–water partition coefficient (Wildman–Crippen LogP) is 3.14. The normalized spacial score (nSPS) is 19.3. The molecule has 0 saturated carbocycles. The van der Waals surface area contributed by atoms with Gasteiger partial charge in [-0.3, -0.25) is 4.90 Å². The van der Waals surface area contributed by atoms with E-state index in [1.807, 2.05) is 0 Å². The maximum atomic E-state index is 5.89. The molecule has 1 unspecified atom stereocenters. The highest BCUT2D eigenvalue weighted by Gasteiger charge is 2.21. The molecule has 1 N–H and O–H groups in total. The summed E-state index contributed by atoms with van der Waals surface area (Å²) in [6, 6.07) is 13.1. The lowest BCUT2D eigenvalue weighted by atomic mass is 10.1. The number of morpholine rings is 1. The van der Waals surface area contributed by atoms with Crippen LogP contribution in [0.15, 0.2) is 36.4 Å². The van der Waals surface area contributed by atoms with E-state index in [1.165, 1.54) is 16.7 Å². The Bertz CT molecular complexity index is 785. The zero-order valence-electron chi connectivity index (χ0n) is 16.9. The molecule has 0 amide bonds. The molecular formula is C23H30N2O3. The predicted molar refractivity (Wildman–Crippen MR) is 110 cm³/mol. The summed E-state index contributed by atoms with van der Waals surface area (Å²) in [4.78, 5) is 2.44. The highest BCUT2D eigenvalue weighted by Crippen LogP contribution is 2.34. The van der Waals surface area contributed by atoms with E-state index < -0.39 is 0 Å². The minimum Gasteiger partial charge on any atom is -0.496 e. The van der Waals surface area contributed by atoms with Crippen LogP contribution < -0.4 is 14.8 Å². The standard InChI is InChI=1S/C23H30N2O3/c1-17-11-20-12-22(26-2)21(13-23(20)28-17)15-24-14-18-3-5-19(6-4-18)16-25-7-9-27-10-8-25/h3-6,12-13,17,24H,7-11,14-16H2,1-2H3. The zero-order valence-corrected chi connectivity index (χ0v) is 16.9. The van der Waals surface area contributed by atoms with Crippen molar-refractivity contribution in [3.05, 3.63) is 58.7 Å². The first-order valence-corrected chi connectivity index (χ1v) is 10.2. The van der Waals surface area contributed by atoms with Crippen LogP contribution >= 0.6 is 0 Å². The average Bonchev–Trinajstić information content (AvgIpc) is 3.08. The van der Waals surface area contributed by atoms with Crippen molar-refractivity contribution in [3.8, 4) is 11.5 Å². The van der Waals surface area contributed by atoms with Gasteiger partial charge in [-0.25, -0.2) is 0 Å². The Hall–Kier alpha value is -2.08. The lowest BCUT2D eigenvalue weighted by molar-refractivity contribution is 0.0342. The molecule has 28 heavy (non-hydrogen) atoms. The molecule has 2 aromatic rings. The van der Waals surface area contributed by atoms with E-state index in [9.17, 15) is 0 Å². The minimum absolute atomic E-state index is 0.249. The molecule has 5 nitrogen and oxygen atoms in total. The van der Waals surface area contributed by atoms with Gasteiger partial charge >= 0.3 is 0 Å². The quantitative estimate of drug-likeness (QED) is 0.797. The molecule has 2 heterocycles. The molecular weight excluding hydrogens is 352 g/mol. The van der Waals surface area contributed by atoms with Crippen molar-refractivity contribution in [1.29, 1.82) is 0 Å². The average molecular weight is 383 g/mol. The van der Waals surface area contributed by atoms with Crippen LogP contribution in [-0.2, 0) is 30.8 Å². The fourth-order valence-corrected chi connectivity index (χ4v) is 3.93. The highest BCUT2D eigenvalue weighted by molar-refractivity contribution is 5.48. The van der Waals surface area contributed by atoms with Gasteiger partial charge in [-0.15, -0.1) is 0 Å². The molecule has 5 heteroatoms. The van der Waals surface area contributed by atoms with Gasteiger partial charge in [-0.2, -0.15) is 0 Å². The largest absolute Gasteiger partial charge is 0.496 e. The van der Waals surface area contributed by atoms with Crippen molar-refractivity contribution in [2.75, 3.05) is 33.4 Å². The molecule has 1 atom stereocenters. The van der Waals surface area contributed by atoms with Crippen molar-refractivity contribution in [2.24, 2.45) is 0 Å². The summed E-state index contributed by atoms with van der Waals surface area (Å²) in [6.07, 6.45) is 1.20. The Balaban J connectivity index is 1.31. The summed E-state index contributed by atoms with van der Waals surface area (Å²) in [7, 11) is 1.73. The highest BCUT2D eigenvalue weighted by atomic mass is 16.5.